The Balaban J connectivity index is 3.17. The van der Waals surface area contributed by atoms with Crippen molar-refractivity contribution in [2.24, 2.45) is 0 Å². The maximum atomic E-state index is 5.22. The first-order valence-electron chi connectivity index (χ1n) is 7.14. The summed E-state index contributed by atoms with van der Waals surface area (Å²) in [6.07, 6.45) is 2.58. The highest BCUT2D eigenvalue weighted by atomic mass is 33.1. The highest BCUT2D eigenvalue weighted by molar-refractivity contribution is 8.76. The van der Waals surface area contributed by atoms with E-state index in [1.54, 1.807) is 28.4 Å². The minimum atomic E-state index is -0.226. The van der Waals surface area contributed by atoms with E-state index in [-0.39, 0.29) is 30.9 Å². The normalized spacial score (nSPS) is 12.9. The molecule has 0 fully saturated rings. The van der Waals surface area contributed by atoms with E-state index < -0.39 is 0 Å². The van der Waals surface area contributed by atoms with Crippen LogP contribution in [0.4, 0.5) is 0 Å². The Kier molecular flexibility index (Phi) is 17.1. The Labute approximate surface area is 136 Å². The minimum absolute atomic E-state index is 0.104. The van der Waals surface area contributed by atoms with Gasteiger partial charge in [-0.1, -0.05) is 33.7 Å². The second kappa shape index (κ2) is 16.3. The predicted molar refractivity (Wildman–Crippen MR) is 96.5 cm³/mol. The van der Waals surface area contributed by atoms with Crippen molar-refractivity contribution < 1.29 is 18.9 Å². The predicted octanol–water partition coefficient (Wildman–Crippen LogP) is 1.47. The first-order valence-corrected chi connectivity index (χ1v) is 13.3. The van der Waals surface area contributed by atoms with Gasteiger partial charge in [0.15, 0.2) is 0 Å². The molecule has 0 amide bonds. The zero-order valence-corrected chi connectivity index (χ0v) is 17.7. The van der Waals surface area contributed by atoms with E-state index in [1.165, 1.54) is 36.4 Å². The molecule has 8 heteroatoms. The summed E-state index contributed by atoms with van der Waals surface area (Å²) >= 11 is 0. The van der Waals surface area contributed by atoms with E-state index in [9.17, 15) is 0 Å². The minimum Gasteiger partial charge on any atom is -0.360 e. The Morgan fingerprint density at radius 3 is 1.35 bits per heavy atom. The summed E-state index contributed by atoms with van der Waals surface area (Å²) in [6.45, 7) is 0. The van der Waals surface area contributed by atoms with Crippen molar-refractivity contribution in [3.05, 3.63) is 0 Å². The van der Waals surface area contributed by atoms with Crippen molar-refractivity contribution in [1.82, 2.24) is 0 Å². The molecule has 0 spiro atoms. The van der Waals surface area contributed by atoms with Crippen molar-refractivity contribution in [3.63, 3.8) is 0 Å². The van der Waals surface area contributed by atoms with Gasteiger partial charge < -0.3 is 18.9 Å². The third-order valence-electron chi connectivity index (χ3n) is 2.97. The van der Waals surface area contributed by atoms with E-state index in [4.69, 9.17) is 18.9 Å². The van der Waals surface area contributed by atoms with Crippen LogP contribution in [0.3, 0.4) is 0 Å². The van der Waals surface area contributed by atoms with Gasteiger partial charge in [-0.3, -0.25) is 0 Å². The lowest BCUT2D eigenvalue weighted by molar-refractivity contribution is -0.0442. The van der Waals surface area contributed by atoms with Gasteiger partial charge in [-0.05, 0) is 12.8 Å². The van der Waals surface area contributed by atoms with Crippen molar-refractivity contribution in [3.8, 4) is 0 Å². The van der Waals surface area contributed by atoms with Crippen LogP contribution in [0.1, 0.15) is 12.8 Å². The molecule has 20 heavy (non-hydrogen) atoms. The summed E-state index contributed by atoms with van der Waals surface area (Å²) in [4.78, 5) is 0. The van der Waals surface area contributed by atoms with Crippen LogP contribution >= 0.6 is 21.6 Å². The van der Waals surface area contributed by atoms with Gasteiger partial charge in [-0.15, -0.1) is 0 Å². The first-order chi connectivity index (χ1) is 9.78. The van der Waals surface area contributed by atoms with Gasteiger partial charge in [0.2, 0.25) is 0 Å². The number of methoxy groups -OCH3 is 4. The van der Waals surface area contributed by atoms with Crippen LogP contribution in [0.5, 0.6) is 0 Å². The number of hydrogen-bond acceptors (Lipinski definition) is 6. The summed E-state index contributed by atoms with van der Waals surface area (Å²) in [5, 5.41) is 0. The number of ether oxygens (including phenoxy) is 4. The van der Waals surface area contributed by atoms with Gasteiger partial charge in [-0.2, -0.15) is 0 Å². The summed E-state index contributed by atoms with van der Waals surface area (Å²) in [5.74, 6) is 2.70. The van der Waals surface area contributed by atoms with Gasteiger partial charge in [0.05, 0.1) is 19.0 Å². The summed E-state index contributed by atoms with van der Waals surface area (Å²) < 4.78 is 20.9. The van der Waals surface area contributed by atoms with Crippen LogP contribution in [0.15, 0.2) is 0 Å². The van der Waals surface area contributed by atoms with E-state index in [1.807, 2.05) is 21.6 Å². The topological polar surface area (TPSA) is 36.9 Å². The van der Waals surface area contributed by atoms with Crippen LogP contribution in [-0.2, 0) is 18.9 Å². The van der Waals surface area contributed by atoms with E-state index >= 15 is 0 Å². The van der Waals surface area contributed by atoms with Gasteiger partial charge >= 0.3 is 0 Å². The van der Waals surface area contributed by atoms with Crippen molar-refractivity contribution >= 4 is 40.6 Å². The standard InChI is InChI=1S/C12H30O4S2Si2/c1-13-11(14-2)19-9-5-7-17-18-8-6-10-20-12(15-3)16-4/h11-12H,5-10,19-20H2,1-4H3. The average molecular weight is 359 g/mol. The maximum absolute atomic E-state index is 5.22. The molecule has 0 aliphatic rings. The van der Waals surface area contributed by atoms with Crippen molar-refractivity contribution in [2.75, 3.05) is 39.9 Å². The van der Waals surface area contributed by atoms with E-state index in [2.05, 4.69) is 0 Å². The molecule has 0 aliphatic heterocycles. The maximum Gasteiger partial charge on any atom is 0.134 e. The van der Waals surface area contributed by atoms with Gasteiger partial charge in [0.25, 0.3) is 0 Å². The SMILES string of the molecule is COC(OC)[SiH2]CCCSSCCC[SiH2]C(OC)OC. The monoisotopic (exact) mass is 358 g/mol. The second-order valence-corrected chi connectivity index (χ2v) is 11.0. The van der Waals surface area contributed by atoms with Crippen LogP contribution in [0.25, 0.3) is 0 Å². The Morgan fingerprint density at radius 2 is 1.05 bits per heavy atom. The van der Waals surface area contributed by atoms with Crippen molar-refractivity contribution in [2.45, 2.75) is 36.8 Å². The fourth-order valence-electron chi connectivity index (χ4n) is 1.73. The molecule has 122 valence electrons. The number of hydrogen-bond donors (Lipinski definition) is 0. The third kappa shape index (κ3) is 12.7. The lowest BCUT2D eigenvalue weighted by Crippen LogP contribution is -2.21. The molecule has 0 rings (SSSR count). The summed E-state index contributed by atoms with van der Waals surface area (Å²) in [5.41, 5.74) is 0. The summed E-state index contributed by atoms with van der Waals surface area (Å²) in [6, 6.07) is 2.60. The largest absolute Gasteiger partial charge is 0.360 e. The van der Waals surface area contributed by atoms with E-state index in [0.717, 1.165) is 0 Å². The first kappa shape index (κ1) is 21.0. The molecule has 0 bridgehead atoms. The number of rotatable bonds is 15. The smallest absolute Gasteiger partial charge is 0.134 e. The molecule has 0 saturated carbocycles. The molecule has 0 N–H and O–H groups in total. The quantitative estimate of drug-likeness (QED) is 0.191. The Morgan fingerprint density at radius 1 is 0.700 bits per heavy atom. The molecule has 0 aromatic carbocycles. The highest BCUT2D eigenvalue weighted by Gasteiger charge is 2.05. The Hall–Kier alpha value is 0.974. The second-order valence-electron chi connectivity index (χ2n) is 4.44. The molecule has 0 aromatic rings. The molecule has 0 saturated heterocycles. The molecule has 0 atom stereocenters. The lowest BCUT2D eigenvalue weighted by atomic mass is 10.6. The molecule has 0 radical (unpaired) electrons. The van der Waals surface area contributed by atoms with Gasteiger partial charge in [0.1, 0.15) is 11.8 Å². The molecule has 0 unspecified atom stereocenters. The zero-order chi connectivity index (χ0) is 15.1. The fourth-order valence-corrected chi connectivity index (χ4v) is 7.43. The van der Waals surface area contributed by atoms with E-state index in [0.29, 0.717) is 0 Å². The van der Waals surface area contributed by atoms with Crippen LogP contribution in [0, 0.1) is 0 Å². The van der Waals surface area contributed by atoms with Crippen molar-refractivity contribution in [1.29, 1.82) is 0 Å². The average Bonchev–Trinajstić information content (AvgIpc) is 2.49. The molecule has 0 aromatic heterocycles. The molecule has 0 aliphatic carbocycles. The zero-order valence-electron chi connectivity index (χ0n) is 13.3. The van der Waals surface area contributed by atoms with Gasteiger partial charge in [0, 0.05) is 39.9 Å². The fraction of sp³-hybridized carbons (Fsp3) is 1.00. The molecule has 4 nitrogen and oxygen atoms in total. The van der Waals surface area contributed by atoms with Crippen LogP contribution in [-0.4, -0.2) is 70.8 Å². The Bertz CT molecular complexity index is 176. The highest BCUT2D eigenvalue weighted by Crippen LogP contribution is 2.23. The molecule has 0 heterocycles. The van der Waals surface area contributed by atoms with Gasteiger partial charge in [-0.25, -0.2) is 0 Å². The van der Waals surface area contributed by atoms with Crippen LogP contribution in [0.2, 0.25) is 12.1 Å². The molecular formula is C12H30O4S2Si2. The third-order valence-corrected chi connectivity index (χ3v) is 9.64. The summed E-state index contributed by atoms with van der Waals surface area (Å²) in [7, 11) is 10.5. The molecular weight excluding hydrogens is 328 g/mol. The van der Waals surface area contributed by atoms with Crippen LogP contribution < -0.4 is 0 Å². The lowest BCUT2D eigenvalue weighted by Gasteiger charge is -2.12.